The van der Waals surface area contributed by atoms with Crippen molar-refractivity contribution in [3.63, 3.8) is 0 Å². The highest BCUT2D eigenvalue weighted by molar-refractivity contribution is 5.94. The van der Waals surface area contributed by atoms with Gasteiger partial charge in [0.2, 0.25) is 0 Å². The van der Waals surface area contributed by atoms with E-state index in [2.05, 4.69) is 10.1 Å². The maximum Gasteiger partial charge on any atom is 0.387 e. The lowest BCUT2D eigenvalue weighted by atomic mass is 10.1. The van der Waals surface area contributed by atoms with E-state index >= 15 is 0 Å². The number of ether oxygens (including phenoxy) is 2. The molecule has 1 amide bonds. The van der Waals surface area contributed by atoms with Gasteiger partial charge in [-0.2, -0.15) is 8.78 Å². The second-order valence-corrected chi connectivity index (χ2v) is 5.91. The van der Waals surface area contributed by atoms with E-state index in [-0.39, 0.29) is 17.4 Å². The van der Waals surface area contributed by atoms with Crippen LogP contribution in [0.2, 0.25) is 0 Å². The molecule has 2 aromatic carbocycles. The number of rotatable bonds is 9. The molecule has 0 aliphatic heterocycles. The molecule has 0 heterocycles. The Kier molecular flexibility index (Phi) is 7.28. The van der Waals surface area contributed by atoms with E-state index in [1.165, 1.54) is 19.1 Å². The van der Waals surface area contributed by atoms with Gasteiger partial charge in [0.1, 0.15) is 11.5 Å². The van der Waals surface area contributed by atoms with Gasteiger partial charge in [-0.05, 0) is 50.1 Å². The number of carbonyl (C=O) groups is 2. The number of carbonyl (C=O) groups excluding carboxylic acids is 2. The van der Waals surface area contributed by atoms with Gasteiger partial charge in [-0.15, -0.1) is 0 Å². The highest BCUT2D eigenvalue weighted by Gasteiger charge is 2.14. The molecule has 1 unspecified atom stereocenters. The summed E-state index contributed by atoms with van der Waals surface area (Å²) < 4.78 is 34.1. The van der Waals surface area contributed by atoms with E-state index < -0.39 is 12.7 Å². The number of Topliss-reactive ketones (excluding diaryl/α,β-unsaturated/α-hetero) is 1. The molecule has 0 aliphatic carbocycles. The molecule has 0 saturated carbocycles. The van der Waals surface area contributed by atoms with Gasteiger partial charge in [0.05, 0.1) is 0 Å². The monoisotopic (exact) mass is 377 g/mol. The Labute approximate surface area is 156 Å². The summed E-state index contributed by atoms with van der Waals surface area (Å²) >= 11 is 0. The molecule has 1 N–H and O–H groups in total. The van der Waals surface area contributed by atoms with Crippen molar-refractivity contribution in [2.45, 2.75) is 33.0 Å². The average molecular weight is 377 g/mol. The summed E-state index contributed by atoms with van der Waals surface area (Å²) in [5, 5.41) is 2.75. The summed E-state index contributed by atoms with van der Waals surface area (Å²) in [5.41, 5.74) is 1.39. The molecule has 0 bridgehead atoms. The van der Waals surface area contributed by atoms with Crippen LogP contribution in [-0.4, -0.2) is 31.0 Å². The largest absolute Gasteiger partial charge is 0.481 e. The maximum absolute atomic E-state index is 12.1. The van der Waals surface area contributed by atoms with Crippen LogP contribution in [0.1, 0.15) is 29.8 Å². The van der Waals surface area contributed by atoms with Crippen LogP contribution in [0.4, 0.5) is 8.78 Å². The van der Waals surface area contributed by atoms with Crippen LogP contribution >= 0.6 is 0 Å². The number of hydrogen-bond donors (Lipinski definition) is 1. The molecule has 0 saturated heterocycles. The predicted molar refractivity (Wildman–Crippen MR) is 96.3 cm³/mol. The first-order valence-corrected chi connectivity index (χ1v) is 8.44. The van der Waals surface area contributed by atoms with Crippen molar-refractivity contribution < 1.29 is 27.8 Å². The standard InChI is InChI=1S/C20H21F2NO4/c1-13(24)16-4-3-5-18(12-16)26-14(2)19(25)23-11-10-15-6-8-17(9-7-15)27-20(21)22/h3-9,12,14,20H,10-11H2,1-2H3,(H,23,25). The first kappa shape index (κ1) is 20.4. The van der Waals surface area contributed by atoms with Crippen LogP contribution in [0, 0.1) is 0 Å². The van der Waals surface area contributed by atoms with Crippen LogP contribution in [0.3, 0.4) is 0 Å². The Morgan fingerprint density at radius 3 is 2.37 bits per heavy atom. The summed E-state index contributed by atoms with van der Waals surface area (Å²) in [6, 6.07) is 12.9. The fourth-order valence-corrected chi connectivity index (χ4v) is 2.36. The molecule has 0 fully saturated rings. The molecule has 0 aliphatic rings. The zero-order chi connectivity index (χ0) is 19.8. The quantitative estimate of drug-likeness (QED) is 0.678. The van der Waals surface area contributed by atoms with Gasteiger partial charge < -0.3 is 14.8 Å². The van der Waals surface area contributed by atoms with E-state index in [1.807, 2.05) is 0 Å². The molecule has 2 aromatic rings. The highest BCUT2D eigenvalue weighted by Crippen LogP contribution is 2.16. The van der Waals surface area contributed by atoms with Gasteiger partial charge in [0.25, 0.3) is 5.91 Å². The Balaban J connectivity index is 1.79. The van der Waals surface area contributed by atoms with Gasteiger partial charge in [-0.3, -0.25) is 9.59 Å². The van der Waals surface area contributed by atoms with Gasteiger partial charge in [0.15, 0.2) is 11.9 Å². The van der Waals surface area contributed by atoms with E-state index in [4.69, 9.17) is 4.74 Å². The minimum atomic E-state index is -2.85. The van der Waals surface area contributed by atoms with Gasteiger partial charge >= 0.3 is 6.61 Å². The minimum Gasteiger partial charge on any atom is -0.481 e. The molecule has 27 heavy (non-hydrogen) atoms. The predicted octanol–water partition coefficient (Wildman–Crippen LogP) is 3.62. The number of hydrogen-bond acceptors (Lipinski definition) is 4. The normalized spacial score (nSPS) is 11.7. The zero-order valence-corrected chi connectivity index (χ0v) is 15.1. The Morgan fingerprint density at radius 2 is 1.74 bits per heavy atom. The number of nitrogens with one attached hydrogen (secondary N) is 1. The summed E-state index contributed by atoms with van der Waals surface area (Å²) in [7, 11) is 0. The number of benzene rings is 2. The van der Waals surface area contributed by atoms with Crippen LogP contribution in [0.15, 0.2) is 48.5 Å². The first-order valence-electron chi connectivity index (χ1n) is 8.44. The fraction of sp³-hybridized carbons (Fsp3) is 0.300. The molecular formula is C20H21F2NO4. The van der Waals surface area contributed by atoms with Gasteiger partial charge in [-0.25, -0.2) is 0 Å². The molecule has 7 heteroatoms. The summed E-state index contributed by atoms with van der Waals surface area (Å²) in [6.07, 6.45) is -0.193. The van der Waals surface area contributed by atoms with E-state index in [1.54, 1.807) is 43.3 Å². The van der Waals surface area contributed by atoms with Gasteiger partial charge in [-0.1, -0.05) is 24.3 Å². The Hall–Kier alpha value is -2.96. The van der Waals surface area contributed by atoms with Crippen molar-refractivity contribution >= 4 is 11.7 Å². The maximum atomic E-state index is 12.1. The first-order chi connectivity index (χ1) is 12.8. The summed E-state index contributed by atoms with van der Waals surface area (Å²) in [4.78, 5) is 23.5. The zero-order valence-electron chi connectivity index (χ0n) is 15.1. The van der Waals surface area contributed by atoms with E-state index in [0.29, 0.717) is 24.3 Å². The van der Waals surface area contributed by atoms with Crippen LogP contribution in [0.25, 0.3) is 0 Å². The third kappa shape index (κ3) is 6.69. The smallest absolute Gasteiger partial charge is 0.387 e. The molecule has 0 radical (unpaired) electrons. The molecule has 1 atom stereocenters. The average Bonchev–Trinajstić information content (AvgIpc) is 2.62. The van der Waals surface area contributed by atoms with Crippen molar-refractivity contribution in [2.24, 2.45) is 0 Å². The lowest BCUT2D eigenvalue weighted by molar-refractivity contribution is -0.127. The van der Waals surface area contributed by atoms with Crippen LogP contribution in [-0.2, 0) is 11.2 Å². The lowest BCUT2D eigenvalue weighted by Crippen LogP contribution is -2.37. The molecule has 0 spiro atoms. The topological polar surface area (TPSA) is 64.6 Å². The molecule has 2 rings (SSSR count). The third-order valence-corrected chi connectivity index (χ3v) is 3.78. The SMILES string of the molecule is CC(=O)c1cccc(OC(C)C(=O)NCCc2ccc(OC(F)F)cc2)c1. The Bertz CT molecular complexity index is 778. The number of alkyl halides is 2. The Morgan fingerprint density at radius 1 is 1.04 bits per heavy atom. The minimum absolute atomic E-state index is 0.0810. The molecular weight excluding hydrogens is 356 g/mol. The van der Waals surface area contributed by atoms with E-state index in [9.17, 15) is 18.4 Å². The van der Waals surface area contributed by atoms with Gasteiger partial charge in [0, 0.05) is 12.1 Å². The van der Waals surface area contributed by atoms with Crippen LogP contribution < -0.4 is 14.8 Å². The number of amides is 1. The van der Waals surface area contributed by atoms with Crippen molar-refractivity contribution in [1.29, 1.82) is 0 Å². The number of halogens is 2. The lowest BCUT2D eigenvalue weighted by Gasteiger charge is -2.15. The summed E-state index contributed by atoms with van der Waals surface area (Å²) in [5.74, 6) is 0.163. The van der Waals surface area contributed by atoms with Crippen molar-refractivity contribution in [1.82, 2.24) is 5.32 Å². The molecule has 0 aromatic heterocycles. The van der Waals surface area contributed by atoms with Crippen LogP contribution in [0.5, 0.6) is 11.5 Å². The van der Waals surface area contributed by atoms with Crippen molar-refractivity contribution in [3.05, 3.63) is 59.7 Å². The van der Waals surface area contributed by atoms with E-state index in [0.717, 1.165) is 5.56 Å². The molecule has 144 valence electrons. The summed E-state index contributed by atoms with van der Waals surface area (Å²) in [6.45, 7) is 0.593. The fourth-order valence-electron chi connectivity index (χ4n) is 2.36. The van der Waals surface area contributed by atoms with Crippen molar-refractivity contribution in [2.75, 3.05) is 6.54 Å². The second kappa shape index (κ2) is 9.66. The molecule has 5 nitrogen and oxygen atoms in total. The third-order valence-electron chi connectivity index (χ3n) is 3.78. The second-order valence-electron chi connectivity index (χ2n) is 5.91. The number of ketones is 1. The highest BCUT2D eigenvalue weighted by atomic mass is 19.3. The van der Waals surface area contributed by atoms with Crippen molar-refractivity contribution in [3.8, 4) is 11.5 Å².